The monoisotopic (exact) mass is 1230 g/mol. The van der Waals surface area contributed by atoms with E-state index in [1.54, 1.807) is 0 Å². The average Bonchev–Trinajstić information content (AvgIpc) is 3.38. The predicted octanol–water partition coefficient (Wildman–Crippen LogP) is 22.4. The van der Waals surface area contributed by atoms with Crippen molar-refractivity contribution in [3.8, 4) is 0 Å². The number of carbonyl (C=O) groups is 1. The number of aliphatic hydroxyl groups excluding tert-OH is 5. The molecule has 0 aliphatic carbocycles. The molecule has 7 unspecified atom stereocenters. The number of nitrogens with one attached hydrogen (secondary N) is 1. The van der Waals surface area contributed by atoms with Gasteiger partial charge in [0.2, 0.25) is 5.91 Å². The highest BCUT2D eigenvalue weighted by Gasteiger charge is 2.44. The molecule has 1 fully saturated rings. The Morgan fingerprint density at radius 2 is 0.575 bits per heavy atom. The molecule has 1 amide bonds. The molecule has 520 valence electrons. The van der Waals surface area contributed by atoms with Crippen molar-refractivity contribution in [2.24, 2.45) is 0 Å². The Bertz CT molecular complexity index is 1340. The summed E-state index contributed by atoms with van der Waals surface area (Å²) in [7, 11) is 0. The second-order valence-corrected chi connectivity index (χ2v) is 28.2. The van der Waals surface area contributed by atoms with E-state index in [1.165, 1.54) is 372 Å². The molecule has 0 aromatic rings. The molecule has 1 aliphatic heterocycles. The third-order valence-corrected chi connectivity index (χ3v) is 19.7. The van der Waals surface area contributed by atoms with Gasteiger partial charge < -0.3 is 40.3 Å². The van der Waals surface area contributed by atoms with Gasteiger partial charge in [-0.1, -0.05) is 418 Å². The maximum Gasteiger partial charge on any atom is 0.220 e. The molecule has 0 radical (unpaired) electrons. The van der Waals surface area contributed by atoms with Gasteiger partial charge in [-0.15, -0.1) is 0 Å². The number of hydrogen-bond acceptors (Lipinski definition) is 8. The standard InChI is InChI=1S/C78H155NO8/c1-3-5-7-9-11-13-15-17-19-21-23-25-27-29-30-31-32-33-34-35-36-37-38-39-40-41-42-44-46-48-50-52-54-56-58-60-62-64-66-68-74(82)79-71(70-86-78-77(85)76(84)75(83)73(69-80)87-78)72(81)67-65-63-61-59-57-55-53-51-49-47-45-43-28-26-24-22-20-18-16-14-12-10-8-6-4-2/h71-73,75-78,80-81,83-85H,3-70H2,1-2H3,(H,79,82). The smallest absolute Gasteiger partial charge is 0.220 e. The number of aliphatic hydroxyl groups is 5. The van der Waals surface area contributed by atoms with Crippen LogP contribution in [0, 0.1) is 0 Å². The summed E-state index contributed by atoms with van der Waals surface area (Å²) in [6.45, 7) is 3.92. The molecule has 1 aliphatic rings. The highest BCUT2D eigenvalue weighted by atomic mass is 16.7. The fraction of sp³-hybridized carbons (Fsp3) is 0.987. The van der Waals surface area contributed by atoms with Crippen LogP contribution in [0.5, 0.6) is 0 Å². The topological polar surface area (TPSA) is 149 Å². The van der Waals surface area contributed by atoms with Gasteiger partial charge in [0, 0.05) is 6.42 Å². The van der Waals surface area contributed by atoms with Crippen LogP contribution in [-0.2, 0) is 14.3 Å². The summed E-state index contributed by atoms with van der Waals surface area (Å²) in [4.78, 5) is 13.2. The lowest BCUT2D eigenvalue weighted by Crippen LogP contribution is -2.60. The van der Waals surface area contributed by atoms with Crippen LogP contribution < -0.4 is 5.32 Å². The number of unbranched alkanes of at least 4 members (excludes halogenated alkanes) is 62. The van der Waals surface area contributed by atoms with Crippen molar-refractivity contribution < 1.29 is 39.8 Å². The summed E-state index contributed by atoms with van der Waals surface area (Å²) >= 11 is 0. The molecule has 1 rings (SSSR count). The van der Waals surface area contributed by atoms with Crippen molar-refractivity contribution in [3.63, 3.8) is 0 Å². The van der Waals surface area contributed by atoms with E-state index in [0.717, 1.165) is 38.5 Å². The molecule has 0 aromatic heterocycles. The van der Waals surface area contributed by atoms with Gasteiger partial charge in [-0.25, -0.2) is 0 Å². The zero-order chi connectivity index (χ0) is 62.8. The van der Waals surface area contributed by atoms with Crippen LogP contribution in [0.15, 0.2) is 0 Å². The van der Waals surface area contributed by atoms with E-state index in [1.807, 2.05) is 0 Å². The summed E-state index contributed by atoms with van der Waals surface area (Å²) in [5.74, 6) is -0.132. The molecule has 0 bridgehead atoms. The maximum atomic E-state index is 13.2. The Labute approximate surface area is 542 Å². The minimum Gasteiger partial charge on any atom is -0.394 e. The molecular weight excluding hydrogens is 1080 g/mol. The Balaban J connectivity index is 2.01. The first-order chi connectivity index (χ1) is 42.8. The molecule has 9 heteroatoms. The summed E-state index contributed by atoms with van der Waals surface area (Å²) in [5.41, 5.74) is 0. The van der Waals surface area contributed by atoms with Crippen molar-refractivity contribution in [1.29, 1.82) is 0 Å². The largest absolute Gasteiger partial charge is 0.394 e. The number of carbonyl (C=O) groups excluding carboxylic acids is 1. The summed E-state index contributed by atoms with van der Waals surface area (Å²) in [6, 6.07) is -0.716. The van der Waals surface area contributed by atoms with Gasteiger partial charge in [-0.05, 0) is 12.8 Å². The normalized spacial score (nSPS) is 17.8. The van der Waals surface area contributed by atoms with Crippen molar-refractivity contribution in [1.82, 2.24) is 5.32 Å². The lowest BCUT2D eigenvalue weighted by Gasteiger charge is -2.40. The van der Waals surface area contributed by atoms with Crippen molar-refractivity contribution in [2.45, 2.75) is 480 Å². The molecule has 0 spiro atoms. The molecular formula is C78H155NO8. The van der Waals surface area contributed by atoms with Gasteiger partial charge in [0.15, 0.2) is 6.29 Å². The van der Waals surface area contributed by atoms with Crippen LogP contribution in [-0.4, -0.2) is 87.5 Å². The number of amides is 1. The molecule has 6 N–H and O–H groups in total. The fourth-order valence-corrected chi connectivity index (χ4v) is 13.5. The van der Waals surface area contributed by atoms with Crippen LogP contribution in [0.4, 0.5) is 0 Å². The van der Waals surface area contributed by atoms with E-state index in [4.69, 9.17) is 9.47 Å². The lowest BCUT2D eigenvalue weighted by atomic mass is 9.99. The van der Waals surface area contributed by atoms with Gasteiger partial charge in [0.05, 0.1) is 25.4 Å². The van der Waals surface area contributed by atoms with Gasteiger partial charge >= 0.3 is 0 Å². The highest BCUT2D eigenvalue weighted by Crippen LogP contribution is 2.25. The second kappa shape index (κ2) is 68.1. The second-order valence-electron chi connectivity index (χ2n) is 28.2. The zero-order valence-electron chi connectivity index (χ0n) is 58.6. The third kappa shape index (κ3) is 56.5. The molecule has 0 aromatic carbocycles. The van der Waals surface area contributed by atoms with E-state index in [-0.39, 0.29) is 12.5 Å². The molecule has 7 atom stereocenters. The zero-order valence-corrected chi connectivity index (χ0v) is 58.6. The first-order valence-corrected chi connectivity index (χ1v) is 39.7. The predicted molar refractivity (Wildman–Crippen MR) is 374 cm³/mol. The van der Waals surface area contributed by atoms with Crippen molar-refractivity contribution >= 4 is 5.91 Å². The first-order valence-electron chi connectivity index (χ1n) is 39.7. The van der Waals surface area contributed by atoms with E-state index in [2.05, 4.69) is 19.2 Å². The minimum atomic E-state index is -1.55. The summed E-state index contributed by atoms with van der Waals surface area (Å²) in [6.07, 6.45) is 80.8. The van der Waals surface area contributed by atoms with E-state index < -0.39 is 49.5 Å². The van der Waals surface area contributed by atoms with Crippen molar-refractivity contribution in [3.05, 3.63) is 0 Å². The Morgan fingerprint density at radius 1 is 0.345 bits per heavy atom. The molecule has 9 nitrogen and oxygen atoms in total. The summed E-state index contributed by atoms with van der Waals surface area (Å²) < 4.78 is 11.4. The van der Waals surface area contributed by atoms with Crippen LogP contribution in [0.1, 0.15) is 438 Å². The molecule has 1 heterocycles. The first kappa shape index (κ1) is 84.2. The van der Waals surface area contributed by atoms with E-state index in [0.29, 0.717) is 12.8 Å². The van der Waals surface area contributed by atoms with Gasteiger partial charge in [0.25, 0.3) is 0 Å². The van der Waals surface area contributed by atoms with Crippen LogP contribution >= 0.6 is 0 Å². The lowest BCUT2D eigenvalue weighted by molar-refractivity contribution is -0.302. The molecule has 87 heavy (non-hydrogen) atoms. The molecule has 1 saturated heterocycles. The highest BCUT2D eigenvalue weighted by molar-refractivity contribution is 5.76. The average molecular weight is 1240 g/mol. The van der Waals surface area contributed by atoms with Gasteiger partial charge in [-0.2, -0.15) is 0 Å². The Hall–Kier alpha value is -0.810. The van der Waals surface area contributed by atoms with E-state index in [9.17, 15) is 30.3 Å². The summed E-state index contributed by atoms with van der Waals surface area (Å²) in [5, 5.41) is 55.0. The van der Waals surface area contributed by atoms with Gasteiger partial charge in [0.1, 0.15) is 24.4 Å². The SMILES string of the molecule is CCCCCCCCCCCCCCCCCCCCCCCCCCCCCCCCCCCCCCCCCC(=O)NC(COC1OC(CO)C(O)C(O)C1O)C(O)CCCCCCCCCCCCCCCCCCCCCCCCCCC. The van der Waals surface area contributed by atoms with E-state index >= 15 is 0 Å². The van der Waals surface area contributed by atoms with Crippen molar-refractivity contribution in [2.75, 3.05) is 13.2 Å². The number of ether oxygens (including phenoxy) is 2. The third-order valence-electron chi connectivity index (χ3n) is 19.7. The number of rotatable bonds is 72. The Kier molecular flexibility index (Phi) is 65.9. The van der Waals surface area contributed by atoms with Crippen LogP contribution in [0.2, 0.25) is 0 Å². The van der Waals surface area contributed by atoms with Crippen LogP contribution in [0.25, 0.3) is 0 Å². The quantitative estimate of drug-likeness (QED) is 0.0330. The number of hydrogen-bond donors (Lipinski definition) is 6. The van der Waals surface area contributed by atoms with Gasteiger partial charge in [-0.3, -0.25) is 4.79 Å². The fourth-order valence-electron chi connectivity index (χ4n) is 13.5. The molecule has 0 saturated carbocycles. The maximum absolute atomic E-state index is 13.2. The minimum absolute atomic E-state index is 0.130. The Morgan fingerprint density at radius 3 is 0.816 bits per heavy atom. The van der Waals surface area contributed by atoms with Crippen LogP contribution in [0.3, 0.4) is 0 Å².